The van der Waals surface area contributed by atoms with Crippen LogP contribution in [0.15, 0.2) is 42.5 Å². The predicted molar refractivity (Wildman–Crippen MR) is 82.3 cm³/mol. The maximum Gasteiger partial charge on any atom is 0.0294 e. The molecular formula is C18H23N. The minimum absolute atomic E-state index is 0.376. The van der Waals surface area contributed by atoms with Crippen LogP contribution in [0.1, 0.15) is 40.8 Å². The highest BCUT2D eigenvalue weighted by molar-refractivity contribution is 5.30. The highest BCUT2D eigenvalue weighted by Gasteiger charge is 2.05. The highest BCUT2D eigenvalue weighted by atomic mass is 14.9. The second-order valence-corrected chi connectivity index (χ2v) is 5.44. The van der Waals surface area contributed by atoms with E-state index in [1.165, 1.54) is 27.8 Å². The van der Waals surface area contributed by atoms with Crippen molar-refractivity contribution in [2.24, 2.45) is 0 Å². The van der Waals surface area contributed by atoms with Gasteiger partial charge in [-0.15, -0.1) is 0 Å². The van der Waals surface area contributed by atoms with Crippen LogP contribution < -0.4 is 5.32 Å². The molecule has 1 N–H and O–H groups in total. The molecule has 2 aromatic carbocycles. The molecule has 0 bridgehead atoms. The third-order valence-electron chi connectivity index (χ3n) is 3.67. The van der Waals surface area contributed by atoms with Gasteiger partial charge in [-0.25, -0.2) is 0 Å². The number of benzene rings is 2. The monoisotopic (exact) mass is 253 g/mol. The van der Waals surface area contributed by atoms with Crippen LogP contribution in [0.3, 0.4) is 0 Å². The summed E-state index contributed by atoms with van der Waals surface area (Å²) < 4.78 is 0. The molecule has 0 unspecified atom stereocenters. The van der Waals surface area contributed by atoms with E-state index in [1.807, 2.05) is 0 Å². The number of rotatable bonds is 4. The number of aryl methyl sites for hydroxylation is 3. The Hall–Kier alpha value is -1.60. The van der Waals surface area contributed by atoms with E-state index in [0.717, 1.165) is 6.54 Å². The van der Waals surface area contributed by atoms with Gasteiger partial charge in [-0.3, -0.25) is 0 Å². The van der Waals surface area contributed by atoms with E-state index in [0.29, 0.717) is 6.04 Å². The first-order valence-electron chi connectivity index (χ1n) is 6.92. The Bertz CT molecular complexity index is 540. The van der Waals surface area contributed by atoms with Crippen LogP contribution in [0.25, 0.3) is 0 Å². The van der Waals surface area contributed by atoms with Gasteiger partial charge in [0.15, 0.2) is 0 Å². The summed E-state index contributed by atoms with van der Waals surface area (Å²) in [6, 6.07) is 15.8. The summed E-state index contributed by atoms with van der Waals surface area (Å²) >= 11 is 0. The van der Waals surface area contributed by atoms with Gasteiger partial charge in [-0.1, -0.05) is 53.6 Å². The van der Waals surface area contributed by atoms with Gasteiger partial charge in [-0.05, 0) is 44.4 Å². The van der Waals surface area contributed by atoms with Crippen LogP contribution >= 0.6 is 0 Å². The van der Waals surface area contributed by atoms with E-state index in [-0.39, 0.29) is 0 Å². The van der Waals surface area contributed by atoms with Crippen molar-refractivity contribution in [2.75, 3.05) is 0 Å². The summed E-state index contributed by atoms with van der Waals surface area (Å²) in [6.45, 7) is 9.58. The van der Waals surface area contributed by atoms with Crippen LogP contribution in [0.5, 0.6) is 0 Å². The fourth-order valence-electron chi connectivity index (χ4n) is 2.28. The van der Waals surface area contributed by atoms with Crippen molar-refractivity contribution in [3.8, 4) is 0 Å². The molecule has 0 heterocycles. The Kier molecular flexibility index (Phi) is 4.39. The number of hydrogen-bond acceptors (Lipinski definition) is 1. The molecule has 0 radical (unpaired) electrons. The summed E-state index contributed by atoms with van der Waals surface area (Å²) in [5.41, 5.74) is 6.72. The minimum Gasteiger partial charge on any atom is -0.306 e. The third kappa shape index (κ3) is 3.68. The molecule has 0 spiro atoms. The Morgan fingerprint density at radius 2 is 1.53 bits per heavy atom. The van der Waals surface area contributed by atoms with E-state index in [1.54, 1.807) is 0 Å². The van der Waals surface area contributed by atoms with Crippen molar-refractivity contribution in [1.82, 2.24) is 5.32 Å². The van der Waals surface area contributed by atoms with Crippen molar-refractivity contribution in [3.63, 3.8) is 0 Å². The quantitative estimate of drug-likeness (QED) is 0.848. The van der Waals surface area contributed by atoms with Gasteiger partial charge in [-0.2, -0.15) is 0 Å². The fourth-order valence-corrected chi connectivity index (χ4v) is 2.28. The topological polar surface area (TPSA) is 12.0 Å². The van der Waals surface area contributed by atoms with Crippen LogP contribution in [0, 0.1) is 20.8 Å². The standard InChI is InChI=1S/C18H23N/c1-13-5-8-17(9-6-13)16(4)19-12-18-10-7-14(2)11-15(18)3/h5-11,16,19H,12H2,1-4H3/t16-/m0/s1. The van der Waals surface area contributed by atoms with Gasteiger partial charge in [0.05, 0.1) is 0 Å². The molecule has 1 atom stereocenters. The van der Waals surface area contributed by atoms with Crippen molar-refractivity contribution in [1.29, 1.82) is 0 Å². The molecule has 2 rings (SSSR count). The lowest BCUT2D eigenvalue weighted by Crippen LogP contribution is -2.18. The van der Waals surface area contributed by atoms with Gasteiger partial charge < -0.3 is 5.32 Å². The second kappa shape index (κ2) is 6.03. The summed E-state index contributed by atoms with van der Waals surface area (Å²) in [5, 5.41) is 3.59. The second-order valence-electron chi connectivity index (χ2n) is 5.44. The first kappa shape index (κ1) is 13.8. The molecule has 0 fully saturated rings. The van der Waals surface area contributed by atoms with Gasteiger partial charge in [0.25, 0.3) is 0 Å². The van der Waals surface area contributed by atoms with Crippen molar-refractivity contribution in [2.45, 2.75) is 40.3 Å². The van der Waals surface area contributed by atoms with E-state index >= 15 is 0 Å². The summed E-state index contributed by atoms with van der Waals surface area (Å²) in [6.07, 6.45) is 0. The van der Waals surface area contributed by atoms with Crippen LogP contribution in [0.4, 0.5) is 0 Å². The van der Waals surface area contributed by atoms with Crippen LogP contribution in [-0.4, -0.2) is 0 Å². The van der Waals surface area contributed by atoms with E-state index in [2.05, 4.69) is 75.5 Å². The Balaban J connectivity index is 2.00. The zero-order chi connectivity index (χ0) is 13.8. The zero-order valence-corrected chi connectivity index (χ0v) is 12.3. The molecule has 0 saturated carbocycles. The molecule has 19 heavy (non-hydrogen) atoms. The molecular weight excluding hydrogens is 230 g/mol. The summed E-state index contributed by atoms with van der Waals surface area (Å²) in [7, 11) is 0. The van der Waals surface area contributed by atoms with E-state index in [9.17, 15) is 0 Å². The first-order chi connectivity index (χ1) is 9.06. The molecule has 0 aliphatic carbocycles. The fraction of sp³-hybridized carbons (Fsp3) is 0.333. The lowest BCUT2D eigenvalue weighted by molar-refractivity contribution is 0.573. The molecule has 0 aliphatic heterocycles. The van der Waals surface area contributed by atoms with Crippen molar-refractivity contribution >= 4 is 0 Å². The van der Waals surface area contributed by atoms with E-state index < -0.39 is 0 Å². The molecule has 1 heteroatoms. The molecule has 0 amide bonds. The number of nitrogens with one attached hydrogen (secondary N) is 1. The molecule has 2 aromatic rings. The third-order valence-corrected chi connectivity index (χ3v) is 3.67. The maximum atomic E-state index is 3.59. The van der Waals surface area contributed by atoms with Crippen molar-refractivity contribution in [3.05, 3.63) is 70.3 Å². The molecule has 0 aliphatic rings. The Labute approximate surface area is 116 Å². The Morgan fingerprint density at radius 3 is 2.16 bits per heavy atom. The zero-order valence-electron chi connectivity index (χ0n) is 12.3. The maximum absolute atomic E-state index is 3.59. The predicted octanol–water partition coefficient (Wildman–Crippen LogP) is 4.46. The van der Waals surface area contributed by atoms with Crippen LogP contribution in [-0.2, 0) is 6.54 Å². The molecule has 0 aromatic heterocycles. The van der Waals surface area contributed by atoms with Gasteiger partial charge in [0.2, 0.25) is 0 Å². The van der Waals surface area contributed by atoms with Gasteiger partial charge >= 0.3 is 0 Å². The van der Waals surface area contributed by atoms with Gasteiger partial charge in [0, 0.05) is 12.6 Å². The molecule has 0 saturated heterocycles. The smallest absolute Gasteiger partial charge is 0.0294 e. The lowest BCUT2D eigenvalue weighted by atomic mass is 10.0. The van der Waals surface area contributed by atoms with Crippen LogP contribution in [0.2, 0.25) is 0 Å². The first-order valence-corrected chi connectivity index (χ1v) is 6.92. The summed E-state index contributed by atoms with van der Waals surface area (Å²) in [4.78, 5) is 0. The minimum atomic E-state index is 0.376. The molecule has 1 nitrogen and oxygen atoms in total. The van der Waals surface area contributed by atoms with Crippen molar-refractivity contribution < 1.29 is 0 Å². The molecule has 100 valence electrons. The SMILES string of the molecule is Cc1ccc([C@H](C)NCc2ccc(C)cc2C)cc1. The largest absolute Gasteiger partial charge is 0.306 e. The summed E-state index contributed by atoms with van der Waals surface area (Å²) in [5.74, 6) is 0. The lowest BCUT2D eigenvalue weighted by Gasteiger charge is -2.16. The normalized spacial score (nSPS) is 12.4. The highest BCUT2D eigenvalue weighted by Crippen LogP contribution is 2.15. The average Bonchev–Trinajstić information content (AvgIpc) is 2.38. The average molecular weight is 253 g/mol. The van der Waals surface area contributed by atoms with E-state index in [4.69, 9.17) is 0 Å². The Morgan fingerprint density at radius 1 is 0.895 bits per heavy atom. The number of hydrogen-bond donors (Lipinski definition) is 1. The van der Waals surface area contributed by atoms with Gasteiger partial charge in [0.1, 0.15) is 0 Å².